The molecule has 28 heavy (non-hydrogen) atoms. The molecule has 0 spiro atoms. The molecule has 1 atom stereocenters. The fourth-order valence-corrected chi connectivity index (χ4v) is 3.82. The normalized spacial score (nSPS) is 20.0. The van der Waals surface area contributed by atoms with Gasteiger partial charge in [-0.15, -0.1) is 0 Å². The number of fused-ring (bicyclic) bond motifs is 1. The average Bonchev–Trinajstić information content (AvgIpc) is 2.96. The van der Waals surface area contributed by atoms with E-state index < -0.39 is 6.04 Å². The van der Waals surface area contributed by atoms with Crippen molar-refractivity contribution in [3.8, 4) is 0 Å². The van der Waals surface area contributed by atoms with Gasteiger partial charge in [0.1, 0.15) is 18.3 Å². The minimum atomic E-state index is -0.508. The maximum absolute atomic E-state index is 13.0. The molecule has 0 bridgehead atoms. The third kappa shape index (κ3) is 3.60. The van der Waals surface area contributed by atoms with Gasteiger partial charge in [0.25, 0.3) is 5.91 Å². The van der Waals surface area contributed by atoms with Gasteiger partial charge in [-0.05, 0) is 24.1 Å². The lowest BCUT2D eigenvalue weighted by atomic mass is 10.1. The SMILES string of the molecule is O=C(c1ccccn1)N1CCC2C(=O)N(Cc3ccccc3)CC(=O)N2CC1. The molecule has 7 heteroatoms. The van der Waals surface area contributed by atoms with Crippen molar-refractivity contribution in [2.75, 3.05) is 26.2 Å². The van der Waals surface area contributed by atoms with Crippen molar-refractivity contribution in [1.29, 1.82) is 0 Å². The van der Waals surface area contributed by atoms with Crippen LogP contribution in [-0.4, -0.2) is 69.6 Å². The maximum atomic E-state index is 13.0. The van der Waals surface area contributed by atoms with E-state index in [0.29, 0.717) is 38.3 Å². The van der Waals surface area contributed by atoms with Gasteiger partial charge in [-0.1, -0.05) is 36.4 Å². The minimum absolute atomic E-state index is 0.0458. The van der Waals surface area contributed by atoms with E-state index in [0.717, 1.165) is 5.56 Å². The lowest BCUT2D eigenvalue weighted by Crippen LogP contribution is -2.59. The van der Waals surface area contributed by atoms with Crippen LogP contribution in [0.3, 0.4) is 0 Å². The van der Waals surface area contributed by atoms with Crippen molar-refractivity contribution < 1.29 is 14.4 Å². The molecule has 2 fully saturated rings. The molecule has 144 valence electrons. The largest absolute Gasteiger partial charge is 0.335 e. The van der Waals surface area contributed by atoms with Gasteiger partial charge in [0.05, 0.1) is 0 Å². The Morgan fingerprint density at radius 2 is 1.79 bits per heavy atom. The molecule has 0 N–H and O–H groups in total. The standard InChI is InChI=1S/C21H22N4O3/c26-19-15-24(14-16-6-2-1-3-7-16)21(28)18-9-11-23(12-13-25(18)19)20(27)17-8-4-5-10-22-17/h1-8,10,18H,9,11-15H2. The molecule has 1 aromatic carbocycles. The highest BCUT2D eigenvalue weighted by Crippen LogP contribution is 2.21. The Morgan fingerprint density at radius 3 is 2.54 bits per heavy atom. The predicted molar refractivity (Wildman–Crippen MR) is 102 cm³/mol. The summed E-state index contributed by atoms with van der Waals surface area (Å²) in [6, 6.07) is 14.4. The van der Waals surface area contributed by atoms with E-state index in [-0.39, 0.29) is 24.3 Å². The summed E-state index contributed by atoms with van der Waals surface area (Å²) in [4.78, 5) is 47.5. The number of benzene rings is 1. The molecule has 4 rings (SSSR count). The quantitative estimate of drug-likeness (QED) is 0.804. The number of aromatic nitrogens is 1. The van der Waals surface area contributed by atoms with Gasteiger partial charge in [0.15, 0.2) is 0 Å². The van der Waals surface area contributed by atoms with Crippen LogP contribution < -0.4 is 0 Å². The molecule has 0 aliphatic carbocycles. The summed E-state index contributed by atoms with van der Waals surface area (Å²) in [6.07, 6.45) is 2.03. The zero-order valence-electron chi connectivity index (χ0n) is 15.5. The number of rotatable bonds is 3. The number of nitrogens with zero attached hydrogens (tertiary/aromatic N) is 4. The summed E-state index contributed by atoms with van der Waals surface area (Å²) in [5.41, 5.74) is 1.38. The maximum Gasteiger partial charge on any atom is 0.272 e. The van der Waals surface area contributed by atoms with Crippen LogP contribution in [0, 0.1) is 0 Å². The second-order valence-electron chi connectivity index (χ2n) is 7.08. The van der Waals surface area contributed by atoms with Crippen molar-refractivity contribution >= 4 is 17.7 Å². The van der Waals surface area contributed by atoms with Gasteiger partial charge in [0.2, 0.25) is 11.8 Å². The van der Waals surface area contributed by atoms with E-state index in [1.165, 1.54) is 0 Å². The molecule has 2 aliphatic rings. The lowest BCUT2D eigenvalue weighted by Gasteiger charge is -2.39. The van der Waals surface area contributed by atoms with Crippen LogP contribution in [0.4, 0.5) is 0 Å². The second kappa shape index (κ2) is 7.80. The van der Waals surface area contributed by atoms with Gasteiger partial charge in [-0.3, -0.25) is 19.4 Å². The molecular weight excluding hydrogens is 356 g/mol. The van der Waals surface area contributed by atoms with E-state index in [1.807, 2.05) is 30.3 Å². The van der Waals surface area contributed by atoms with Crippen LogP contribution >= 0.6 is 0 Å². The van der Waals surface area contributed by atoms with Crippen LogP contribution in [0.2, 0.25) is 0 Å². The zero-order chi connectivity index (χ0) is 19.5. The molecule has 1 unspecified atom stereocenters. The van der Waals surface area contributed by atoms with E-state index in [9.17, 15) is 14.4 Å². The number of pyridine rings is 1. The molecule has 2 aromatic rings. The summed E-state index contributed by atoms with van der Waals surface area (Å²) < 4.78 is 0. The lowest BCUT2D eigenvalue weighted by molar-refractivity contribution is -0.156. The smallest absolute Gasteiger partial charge is 0.272 e. The molecule has 2 saturated heterocycles. The Kier molecular flexibility index (Phi) is 5.06. The van der Waals surface area contributed by atoms with Gasteiger partial charge >= 0.3 is 0 Å². The number of amides is 3. The van der Waals surface area contributed by atoms with Crippen LogP contribution in [0.1, 0.15) is 22.5 Å². The molecule has 0 radical (unpaired) electrons. The summed E-state index contributed by atoms with van der Waals surface area (Å²) in [5, 5.41) is 0. The monoisotopic (exact) mass is 378 g/mol. The molecule has 1 aromatic heterocycles. The number of carbonyl (C=O) groups excluding carboxylic acids is 3. The highest BCUT2D eigenvalue weighted by Gasteiger charge is 2.41. The first-order valence-corrected chi connectivity index (χ1v) is 9.46. The van der Waals surface area contributed by atoms with Gasteiger partial charge < -0.3 is 14.7 Å². The second-order valence-corrected chi connectivity index (χ2v) is 7.08. The summed E-state index contributed by atoms with van der Waals surface area (Å²) in [5.74, 6) is -0.273. The van der Waals surface area contributed by atoms with Crippen molar-refractivity contribution in [2.45, 2.75) is 19.0 Å². The number of carbonyl (C=O) groups is 3. The topological polar surface area (TPSA) is 73.8 Å². The van der Waals surface area contributed by atoms with Gasteiger partial charge in [-0.2, -0.15) is 0 Å². The summed E-state index contributed by atoms with van der Waals surface area (Å²) in [7, 11) is 0. The fourth-order valence-electron chi connectivity index (χ4n) is 3.82. The van der Waals surface area contributed by atoms with Crippen molar-refractivity contribution in [1.82, 2.24) is 19.7 Å². The van der Waals surface area contributed by atoms with Crippen LogP contribution in [0.25, 0.3) is 0 Å². The molecule has 3 amide bonds. The zero-order valence-corrected chi connectivity index (χ0v) is 15.5. The highest BCUT2D eigenvalue weighted by molar-refractivity contribution is 5.95. The number of hydrogen-bond acceptors (Lipinski definition) is 4. The number of hydrogen-bond donors (Lipinski definition) is 0. The molecule has 0 saturated carbocycles. The van der Waals surface area contributed by atoms with E-state index in [2.05, 4.69) is 4.98 Å². The fraction of sp³-hybridized carbons (Fsp3) is 0.333. The van der Waals surface area contributed by atoms with Crippen LogP contribution in [0.15, 0.2) is 54.7 Å². The summed E-state index contributed by atoms with van der Waals surface area (Å²) >= 11 is 0. The van der Waals surface area contributed by atoms with E-state index >= 15 is 0 Å². The molecule has 2 aliphatic heterocycles. The third-order valence-electron chi connectivity index (χ3n) is 5.29. The average molecular weight is 378 g/mol. The first kappa shape index (κ1) is 18.2. The van der Waals surface area contributed by atoms with E-state index in [4.69, 9.17) is 0 Å². The van der Waals surface area contributed by atoms with Crippen LogP contribution in [-0.2, 0) is 16.1 Å². The van der Waals surface area contributed by atoms with Gasteiger partial charge in [-0.25, -0.2) is 0 Å². The first-order chi connectivity index (χ1) is 13.6. The third-order valence-corrected chi connectivity index (χ3v) is 5.29. The summed E-state index contributed by atoms with van der Waals surface area (Å²) in [6.45, 7) is 1.70. The van der Waals surface area contributed by atoms with Crippen LogP contribution in [0.5, 0.6) is 0 Å². The van der Waals surface area contributed by atoms with Crippen molar-refractivity contribution in [3.63, 3.8) is 0 Å². The predicted octanol–water partition coefficient (Wildman–Crippen LogP) is 1.17. The van der Waals surface area contributed by atoms with Crippen molar-refractivity contribution in [3.05, 3.63) is 66.0 Å². The first-order valence-electron chi connectivity index (χ1n) is 9.46. The van der Waals surface area contributed by atoms with Crippen molar-refractivity contribution in [2.24, 2.45) is 0 Å². The molecular formula is C21H22N4O3. The van der Waals surface area contributed by atoms with E-state index in [1.54, 1.807) is 39.1 Å². The van der Waals surface area contributed by atoms with Gasteiger partial charge in [0, 0.05) is 32.4 Å². The molecule has 7 nitrogen and oxygen atoms in total. The Labute approximate surface area is 163 Å². The molecule has 3 heterocycles. The minimum Gasteiger partial charge on any atom is -0.335 e. The Hall–Kier alpha value is -3.22. The Bertz CT molecular complexity index is 872. The Morgan fingerprint density at radius 1 is 1.00 bits per heavy atom. The number of piperazine rings is 1. The Balaban J connectivity index is 1.47. The highest BCUT2D eigenvalue weighted by atomic mass is 16.2.